The van der Waals surface area contributed by atoms with Crippen molar-refractivity contribution in [2.45, 2.75) is 0 Å². The number of benzene rings is 2. The molecule has 0 saturated carbocycles. The van der Waals surface area contributed by atoms with E-state index in [0.29, 0.717) is 22.2 Å². The van der Waals surface area contributed by atoms with Crippen LogP contribution in [0.25, 0.3) is 11.0 Å². The Morgan fingerprint density at radius 2 is 1.75 bits per heavy atom. The lowest BCUT2D eigenvalue weighted by Crippen LogP contribution is -2.29. The van der Waals surface area contributed by atoms with Crippen LogP contribution in [-0.2, 0) is 10.2 Å². The first-order valence-corrected chi connectivity index (χ1v) is 8.53. The zero-order valence-corrected chi connectivity index (χ0v) is 14.0. The molecule has 0 amide bonds. The van der Waals surface area contributed by atoms with Gasteiger partial charge in [-0.15, -0.1) is 0 Å². The van der Waals surface area contributed by atoms with Gasteiger partial charge >= 0.3 is 10.2 Å². The minimum Gasteiger partial charge on any atom is -0.368 e. The van der Waals surface area contributed by atoms with Crippen molar-refractivity contribution in [1.29, 1.82) is 0 Å². The third-order valence-electron chi connectivity index (χ3n) is 3.63. The van der Waals surface area contributed by atoms with E-state index in [2.05, 4.69) is 4.98 Å². The van der Waals surface area contributed by atoms with E-state index in [-0.39, 0.29) is 11.7 Å². The van der Waals surface area contributed by atoms with Crippen LogP contribution in [0.5, 0.6) is 0 Å². The molecule has 3 rings (SSSR count). The number of imidazole rings is 1. The molecule has 0 bridgehead atoms. The Bertz CT molecular complexity index is 1020. The molecule has 24 heavy (non-hydrogen) atoms. The Kier molecular flexibility index (Phi) is 3.86. The summed E-state index contributed by atoms with van der Waals surface area (Å²) in [6.07, 6.45) is 0. The van der Waals surface area contributed by atoms with Gasteiger partial charge in [-0.25, -0.2) is 4.98 Å². The maximum Gasteiger partial charge on any atom is 0.310 e. The molecule has 8 heteroatoms. The second kappa shape index (κ2) is 5.73. The predicted molar refractivity (Wildman–Crippen MR) is 92.0 cm³/mol. The first kappa shape index (κ1) is 16.2. The summed E-state index contributed by atoms with van der Waals surface area (Å²) in [4.78, 5) is 16.6. The molecule has 0 aliphatic heterocycles. The van der Waals surface area contributed by atoms with Crippen molar-refractivity contribution in [3.8, 4) is 0 Å². The maximum atomic E-state index is 12.5. The average Bonchev–Trinajstić information content (AvgIpc) is 2.90. The third kappa shape index (κ3) is 2.55. The molecule has 0 fully saturated rings. The second-order valence-electron chi connectivity index (χ2n) is 5.42. The van der Waals surface area contributed by atoms with Crippen LogP contribution in [0.15, 0.2) is 48.5 Å². The number of carbonyl (C=O) groups excluding carboxylic acids is 1. The smallest absolute Gasteiger partial charge is 0.310 e. The summed E-state index contributed by atoms with van der Waals surface area (Å²) in [5.41, 5.74) is 7.41. The lowest BCUT2D eigenvalue weighted by Gasteiger charge is -2.13. The van der Waals surface area contributed by atoms with Crippen LogP contribution in [0.4, 0.5) is 5.95 Å². The average molecular weight is 344 g/mol. The maximum absolute atomic E-state index is 12.5. The molecule has 0 aliphatic carbocycles. The summed E-state index contributed by atoms with van der Waals surface area (Å²) in [6, 6.07) is 13.5. The molecule has 2 aromatic carbocycles. The molecule has 7 nitrogen and oxygen atoms in total. The van der Waals surface area contributed by atoms with Gasteiger partial charge in [0.1, 0.15) is 0 Å². The summed E-state index contributed by atoms with van der Waals surface area (Å²) in [6.45, 7) is 0. The van der Waals surface area contributed by atoms with Gasteiger partial charge in [0.25, 0.3) is 0 Å². The summed E-state index contributed by atoms with van der Waals surface area (Å²) in [7, 11) is -0.977. The highest BCUT2D eigenvalue weighted by atomic mass is 32.2. The van der Waals surface area contributed by atoms with Crippen molar-refractivity contribution in [3.05, 3.63) is 59.7 Å². The Hall–Kier alpha value is -2.71. The van der Waals surface area contributed by atoms with Crippen molar-refractivity contribution < 1.29 is 13.2 Å². The molecule has 0 radical (unpaired) electrons. The Morgan fingerprint density at radius 1 is 1.08 bits per heavy atom. The molecule has 1 aromatic heterocycles. The topological polar surface area (TPSA) is 98.3 Å². The molecule has 3 aromatic rings. The van der Waals surface area contributed by atoms with Crippen molar-refractivity contribution in [2.75, 3.05) is 19.8 Å². The van der Waals surface area contributed by atoms with E-state index in [9.17, 15) is 13.2 Å². The first-order valence-electron chi connectivity index (χ1n) is 7.13. The summed E-state index contributed by atoms with van der Waals surface area (Å²) >= 11 is 0. The number of rotatable bonds is 4. The van der Waals surface area contributed by atoms with Gasteiger partial charge in [0.05, 0.1) is 11.0 Å². The van der Waals surface area contributed by atoms with Gasteiger partial charge in [0.2, 0.25) is 5.95 Å². The number of hydrogen-bond donors (Lipinski definition) is 1. The highest BCUT2D eigenvalue weighted by Crippen LogP contribution is 2.23. The number of aromatic nitrogens is 2. The highest BCUT2D eigenvalue weighted by molar-refractivity contribution is 7.87. The van der Waals surface area contributed by atoms with Crippen LogP contribution in [0.2, 0.25) is 0 Å². The number of nitrogens with two attached hydrogens (primary N) is 1. The number of fused-ring (bicyclic) bond motifs is 1. The third-order valence-corrected chi connectivity index (χ3v) is 5.40. The summed E-state index contributed by atoms with van der Waals surface area (Å²) < 4.78 is 26.7. The lowest BCUT2D eigenvalue weighted by molar-refractivity contribution is 0.103. The molecule has 0 saturated heterocycles. The van der Waals surface area contributed by atoms with Crippen molar-refractivity contribution in [1.82, 2.24) is 13.3 Å². The molecule has 1 heterocycles. The van der Waals surface area contributed by atoms with E-state index in [1.165, 1.54) is 20.2 Å². The minimum absolute atomic E-state index is 0.150. The summed E-state index contributed by atoms with van der Waals surface area (Å²) in [5.74, 6) is -0.316. The van der Waals surface area contributed by atoms with Crippen molar-refractivity contribution in [3.63, 3.8) is 0 Å². The van der Waals surface area contributed by atoms with Crippen molar-refractivity contribution >= 4 is 33.0 Å². The molecule has 2 N–H and O–H groups in total. The number of carbonyl (C=O) groups is 1. The SMILES string of the molecule is CN(C)S(=O)(=O)n1c(N)nc2cc(C(=O)c3ccccc3)ccc21. The molecular weight excluding hydrogens is 328 g/mol. The highest BCUT2D eigenvalue weighted by Gasteiger charge is 2.23. The van der Waals surface area contributed by atoms with Crippen LogP contribution in [-0.4, -0.2) is 41.6 Å². The van der Waals surface area contributed by atoms with Gasteiger partial charge in [0.15, 0.2) is 5.78 Å². The Morgan fingerprint density at radius 3 is 2.38 bits per heavy atom. The fraction of sp³-hybridized carbons (Fsp3) is 0.125. The largest absolute Gasteiger partial charge is 0.368 e. The predicted octanol–water partition coefficient (Wildman–Crippen LogP) is 1.50. The van der Waals surface area contributed by atoms with E-state index in [4.69, 9.17) is 5.73 Å². The van der Waals surface area contributed by atoms with Crippen LogP contribution >= 0.6 is 0 Å². The number of ketones is 1. The van der Waals surface area contributed by atoms with Gasteiger partial charge in [-0.2, -0.15) is 16.7 Å². The van der Waals surface area contributed by atoms with Gasteiger partial charge in [-0.1, -0.05) is 30.3 Å². The van der Waals surface area contributed by atoms with Crippen LogP contribution < -0.4 is 5.73 Å². The molecule has 0 aliphatic rings. The van der Waals surface area contributed by atoms with Gasteiger partial charge in [-0.05, 0) is 18.2 Å². The monoisotopic (exact) mass is 344 g/mol. The Labute approximate surface area is 139 Å². The number of nitrogens with zero attached hydrogens (tertiary/aromatic N) is 3. The van der Waals surface area contributed by atoms with Gasteiger partial charge < -0.3 is 5.73 Å². The van der Waals surface area contributed by atoms with Crippen molar-refractivity contribution in [2.24, 2.45) is 0 Å². The van der Waals surface area contributed by atoms with Crippen LogP contribution in [0.3, 0.4) is 0 Å². The first-order chi connectivity index (χ1) is 11.3. The Balaban J connectivity index is 2.14. The van der Waals surface area contributed by atoms with E-state index in [1.54, 1.807) is 36.4 Å². The van der Waals surface area contributed by atoms with Gasteiger partial charge in [0, 0.05) is 25.2 Å². The lowest BCUT2D eigenvalue weighted by atomic mass is 10.0. The molecule has 124 valence electrons. The van der Waals surface area contributed by atoms with Gasteiger partial charge in [-0.3, -0.25) is 4.79 Å². The standard InChI is InChI=1S/C16H16N4O3S/c1-19(2)24(22,23)20-14-9-8-12(10-13(14)18-16(20)17)15(21)11-6-4-3-5-7-11/h3-10H,1-2H3,(H2,17,18). The number of anilines is 1. The quantitative estimate of drug-likeness (QED) is 0.723. The van der Waals surface area contributed by atoms with Crippen LogP contribution in [0.1, 0.15) is 15.9 Å². The zero-order valence-electron chi connectivity index (χ0n) is 13.2. The minimum atomic E-state index is -3.80. The molecular formula is C16H16N4O3S. The molecule has 0 unspecified atom stereocenters. The normalized spacial score (nSPS) is 12.0. The fourth-order valence-corrected chi connectivity index (χ4v) is 3.39. The fourth-order valence-electron chi connectivity index (χ4n) is 2.38. The number of nitrogen functional groups attached to an aromatic ring is 1. The van der Waals surface area contributed by atoms with E-state index >= 15 is 0 Å². The van der Waals surface area contributed by atoms with E-state index in [1.807, 2.05) is 6.07 Å². The number of hydrogen-bond acceptors (Lipinski definition) is 5. The second-order valence-corrected chi connectivity index (χ2v) is 7.41. The van der Waals surface area contributed by atoms with E-state index < -0.39 is 10.2 Å². The zero-order chi connectivity index (χ0) is 17.5. The van der Waals surface area contributed by atoms with E-state index in [0.717, 1.165) is 8.28 Å². The van der Waals surface area contributed by atoms with Crippen LogP contribution in [0, 0.1) is 0 Å². The molecule has 0 atom stereocenters. The molecule has 0 spiro atoms. The summed E-state index contributed by atoms with van der Waals surface area (Å²) in [5, 5.41) is 0.